The third-order valence-corrected chi connectivity index (χ3v) is 2.78. The van der Waals surface area contributed by atoms with Crippen molar-refractivity contribution in [3.8, 4) is 5.75 Å². The Bertz CT molecular complexity index is 617. The van der Waals surface area contributed by atoms with Crippen molar-refractivity contribution in [1.82, 2.24) is 0 Å². The topological polar surface area (TPSA) is 83.9 Å². The zero-order chi connectivity index (χ0) is 14.2. The molecular weight excluding hydrogens is 250 g/mol. The first-order valence-electron chi connectivity index (χ1n) is 5.43. The van der Waals surface area contributed by atoms with Crippen LogP contribution in [0.4, 0.5) is 5.69 Å². The van der Waals surface area contributed by atoms with E-state index in [0.717, 1.165) is 4.90 Å². The lowest BCUT2D eigenvalue weighted by atomic mass is 10.1. The SMILES string of the molecule is COc1ccc(N2C(=O)C=C(C)C2=O)c(C(=O)O)c1. The molecule has 2 amide bonds. The van der Waals surface area contributed by atoms with Gasteiger partial charge in [0.1, 0.15) is 5.75 Å². The molecule has 0 spiro atoms. The van der Waals surface area contributed by atoms with Gasteiger partial charge in [0.15, 0.2) is 0 Å². The Hall–Kier alpha value is -2.63. The summed E-state index contributed by atoms with van der Waals surface area (Å²) in [7, 11) is 1.40. The summed E-state index contributed by atoms with van der Waals surface area (Å²) >= 11 is 0. The summed E-state index contributed by atoms with van der Waals surface area (Å²) in [5.74, 6) is -1.96. The first kappa shape index (κ1) is 12.8. The van der Waals surface area contributed by atoms with Gasteiger partial charge in [-0.1, -0.05) is 0 Å². The Morgan fingerprint density at radius 3 is 2.47 bits per heavy atom. The molecule has 0 saturated heterocycles. The number of carboxylic acids is 1. The molecule has 1 aliphatic rings. The van der Waals surface area contributed by atoms with Gasteiger partial charge in [-0.2, -0.15) is 0 Å². The highest BCUT2D eigenvalue weighted by atomic mass is 16.5. The van der Waals surface area contributed by atoms with Gasteiger partial charge in [0.25, 0.3) is 11.8 Å². The summed E-state index contributed by atoms with van der Waals surface area (Å²) in [5, 5.41) is 9.16. The number of anilines is 1. The number of nitrogens with zero attached hydrogens (tertiary/aromatic N) is 1. The van der Waals surface area contributed by atoms with Crippen LogP contribution in [-0.2, 0) is 9.59 Å². The van der Waals surface area contributed by atoms with Crippen LogP contribution in [0.1, 0.15) is 17.3 Å². The zero-order valence-corrected chi connectivity index (χ0v) is 10.3. The predicted octanol–water partition coefficient (Wildman–Crippen LogP) is 1.21. The minimum absolute atomic E-state index is 0.0383. The molecule has 0 unspecified atom stereocenters. The van der Waals surface area contributed by atoms with Gasteiger partial charge in [0.05, 0.1) is 18.4 Å². The maximum absolute atomic E-state index is 11.9. The summed E-state index contributed by atoms with van der Waals surface area (Å²) in [6.45, 7) is 1.50. The molecule has 0 bridgehead atoms. The first-order valence-corrected chi connectivity index (χ1v) is 5.43. The molecule has 6 nitrogen and oxygen atoms in total. The van der Waals surface area contributed by atoms with Gasteiger partial charge >= 0.3 is 5.97 Å². The number of ether oxygens (including phenoxy) is 1. The number of methoxy groups -OCH3 is 1. The maximum Gasteiger partial charge on any atom is 0.337 e. The molecule has 0 fully saturated rings. The highest BCUT2D eigenvalue weighted by Crippen LogP contribution is 2.29. The number of benzene rings is 1. The number of hydrogen-bond acceptors (Lipinski definition) is 4. The fourth-order valence-electron chi connectivity index (χ4n) is 1.82. The monoisotopic (exact) mass is 261 g/mol. The minimum Gasteiger partial charge on any atom is -0.497 e. The molecule has 6 heteroatoms. The number of carbonyl (C=O) groups is 3. The van der Waals surface area contributed by atoms with Crippen LogP contribution < -0.4 is 9.64 Å². The smallest absolute Gasteiger partial charge is 0.337 e. The van der Waals surface area contributed by atoms with E-state index in [-0.39, 0.29) is 16.8 Å². The molecule has 1 aromatic rings. The Morgan fingerprint density at radius 1 is 1.32 bits per heavy atom. The number of amides is 2. The van der Waals surface area contributed by atoms with Gasteiger partial charge in [-0.15, -0.1) is 0 Å². The second-order valence-corrected chi connectivity index (χ2v) is 3.99. The molecule has 0 atom stereocenters. The molecule has 0 aromatic heterocycles. The van der Waals surface area contributed by atoms with Gasteiger partial charge in [0.2, 0.25) is 0 Å². The second kappa shape index (κ2) is 4.56. The van der Waals surface area contributed by atoms with Crippen molar-refractivity contribution in [3.05, 3.63) is 35.4 Å². The number of imide groups is 1. The molecule has 0 radical (unpaired) electrons. The van der Waals surface area contributed by atoms with E-state index in [1.165, 1.54) is 38.3 Å². The molecule has 19 heavy (non-hydrogen) atoms. The van der Waals surface area contributed by atoms with E-state index in [0.29, 0.717) is 5.75 Å². The molecule has 1 aliphatic heterocycles. The normalized spacial score (nSPS) is 14.6. The van der Waals surface area contributed by atoms with Gasteiger partial charge in [-0.25, -0.2) is 9.69 Å². The molecule has 0 saturated carbocycles. The number of carboxylic acid groups (broad SMARTS) is 1. The van der Waals surface area contributed by atoms with Crippen molar-refractivity contribution in [2.45, 2.75) is 6.92 Å². The van der Waals surface area contributed by atoms with Gasteiger partial charge < -0.3 is 9.84 Å². The van der Waals surface area contributed by atoms with Crippen LogP contribution in [0, 0.1) is 0 Å². The Kier molecular flexibility index (Phi) is 3.08. The standard InChI is InChI=1S/C13H11NO5/c1-7-5-11(15)14(12(7)16)10-4-3-8(19-2)6-9(10)13(17)18/h3-6H,1-2H3,(H,17,18). The van der Waals surface area contributed by atoms with Crippen LogP contribution in [0.3, 0.4) is 0 Å². The number of aromatic carboxylic acids is 1. The summed E-state index contributed by atoms with van der Waals surface area (Å²) in [6, 6.07) is 4.15. The third-order valence-electron chi connectivity index (χ3n) is 2.78. The van der Waals surface area contributed by atoms with Gasteiger partial charge in [-0.3, -0.25) is 9.59 Å². The van der Waals surface area contributed by atoms with Gasteiger partial charge in [0, 0.05) is 11.6 Å². The summed E-state index contributed by atoms with van der Waals surface area (Å²) in [6.07, 6.45) is 1.18. The van der Waals surface area contributed by atoms with Crippen molar-refractivity contribution in [2.75, 3.05) is 12.0 Å². The summed E-state index contributed by atoms with van der Waals surface area (Å²) < 4.78 is 4.93. The Labute approximate surface area is 108 Å². The Morgan fingerprint density at radius 2 is 2.00 bits per heavy atom. The molecule has 1 heterocycles. The van der Waals surface area contributed by atoms with Crippen LogP contribution in [0.25, 0.3) is 0 Å². The van der Waals surface area contributed by atoms with Crippen molar-refractivity contribution >= 4 is 23.5 Å². The van der Waals surface area contributed by atoms with Crippen LogP contribution in [0.2, 0.25) is 0 Å². The highest BCUT2D eigenvalue weighted by molar-refractivity contribution is 6.31. The summed E-state index contributed by atoms with van der Waals surface area (Å²) in [5.41, 5.74) is 0.151. The molecular formula is C13H11NO5. The third kappa shape index (κ3) is 2.08. The fraction of sp³-hybridized carbons (Fsp3) is 0.154. The van der Waals surface area contributed by atoms with Crippen LogP contribution in [0.5, 0.6) is 5.75 Å². The van der Waals surface area contributed by atoms with Crippen molar-refractivity contribution in [1.29, 1.82) is 0 Å². The van der Waals surface area contributed by atoms with E-state index in [1.54, 1.807) is 0 Å². The molecule has 98 valence electrons. The zero-order valence-electron chi connectivity index (χ0n) is 10.3. The number of carbonyl (C=O) groups excluding carboxylic acids is 2. The number of hydrogen-bond donors (Lipinski definition) is 1. The second-order valence-electron chi connectivity index (χ2n) is 3.99. The van der Waals surface area contributed by atoms with Crippen molar-refractivity contribution in [3.63, 3.8) is 0 Å². The fourth-order valence-corrected chi connectivity index (χ4v) is 1.82. The quantitative estimate of drug-likeness (QED) is 0.827. The molecule has 1 aromatic carbocycles. The molecule has 1 N–H and O–H groups in total. The van der Waals surface area contributed by atoms with E-state index in [2.05, 4.69) is 0 Å². The van der Waals surface area contributed by atoms with Crippen LogP contribution in [-0.4, -0.2) is 30.0 Å². The molecule has 0 aliphatic carbocycles. The van der Waals surface area contributed by atoms with Crippen molar-refractivity contribution in [2.24, 2.45) is 0 Å². The van der Waals surface area contributed by atoms with E-state index in [4.69, 9.17) is 9.84 Å². The van der Waals surface area contributed by atoms with Gasteiger partial charge in [-0.05, 0) is 25.1 Å². The average molecular weight is 261 g/mol. The lowest BCUT2D eigenvalue weighted by Crippen LogP contribution is -2.32. The van der Waals surface area contributed by atoms with E-state index in [1.807, 2.05) is 0 Å². The lowest BCUT2D eigenvalue weighted by Gasteiger charge is -2.17. The van der Waals surface area contributed by atoms with E-state index < -0.39 is 17.8 Å². The first-order chi connectivity index (χ1) is 8.95. The average Bonchev–Trinajstić information content (AvgIpc) is 2.62. The van der Waals surface area contributed by atoms with Crippen molar-refractivity contribution < 1.29 is 24.2 Å². The maximum atomic E-state index is 11.9. The van der Waals surface area contributed by atoms with E-state index in [9.17, 15) is 14.4 Å². The summed E-state index contributed by atoms with van der Waals surface area (Å²) in [4.78, 5) is 35.7. The van der Waals surface area contributed by atoms with Crippen LogP contribution in [0.15, 0.2) is 29.8 Å². The number of rotatable bonds is 3. The predicted molar refractivity (Wildman–Crippen MR) is 66.2 cm³/mol. The minimum atomic E-state index is -1.24. The lowest BCUT2D eigenvalue weighted by molar-refractivity contribution is -0.120. The van der Waals surface area contributed by atoms with Crippen LogP contribution >= 0.6 is 0 Å². The largest absolute Gasteiger partial charge is 0.497 e. The molecule has 2 rings (SSSR count). The highest BCUT2D eigenvalue weighted by Gasteiger charge is 2.32. The van der Waals surface area contributed by atoms with E-state index >= 15 is 0 Å². The Balaban J connectivity index is 2.55.